The van der Waals surface area contributed by atoms with Crippen LogP contribution >= 0.6 is 0 Å². The van der Waals surface area contributed by atoms with Gasteiger partial charge in [0.15, 0.2) is 11.5 Å². The van der Waals surface area contributed by atoms with Crippen LogP contribution in [0.2, 0.25) is 0 Å². The van der Waals surface area contributed by atoms with Crippen LogP contribution in [0.1, 0.15) is 47.5 Å². The highest BCUT2D eigenvalue weighted by molar-refractivity contribution is 5.92. The molecule has 2 N–H and O–H groups in total. The number of aromatic nitrogens is 3. The number of aliphatic hydroxyl groups is 1. The molecular formula is C15H20N4O3. The highest BCUT2D eigenvalue weighted by atomic mass is 16.5. The Morgan fingerprint density at radius 2 is 2.23 bits per heavy atom. The summed E-state index contributed by atoms with van der Waals surface area (Å²) in [5, 5.41) is 20.4. The molecule has 1 fully saturated rings. The maximum Gasteiger partial charge on any atom is 0.273 e. The third-order valence-corrected chi connectivity index (χ3v) is 3.90. The van der Waals surface area contributed by atoms with E-state index in [1.807, 2.05) is 13.1 Å². The van der Waals surface area contributed by atoms with Gasteiger partial charge in [-0.1, -0.05) is 5.16 Å². The first kappa shape index (κ1) is 14.8. The Balaban J connectivity index is 1.57. The highest BCUT2D eigenvalue weighted by Crippen LogP contribution is 2.18. The van der Waals surface area contributed by atoms with Gasteiger partial charge >= 0.3 is 0 Å². The third-order valence-electron chi connectivity index (χ3n) is 3.90. The Bertz CT molecular complexity index is 641. The Kier molecular flexibility index (Phi) is 4.24. The van der Waals surface area contributed by atoms with Crippen molar-refractivity contribution in [1.29, 1.82) is 0 Å². The normalized spacial score (nSPS) is 21.7. The van der Waals surface area contributed by atoms with Gasteiger partial charge in [0.1, 0.15) is 6.54 Å². The molecule has 0 radical (unpaired) electrons. The van der Waals surface area contributed by atoms with Gasteiger partial charge in [0, 0.05) is 18.3 Å². The zero-order valence-electron chi connectivity index (χ0n) is 12.5. The summed E-state index contributed by atoms with van der Waals surface area (Å²) in [5.74, 6) is 0.361. The van der Waals surface area contributed by atoms with Crippen molar-refractivity contribution in [3.05, 3.63) is 35.5 Å². The Morgan fingerprint density at radius 1 is 1.45 bits per heavy atom. The van der Waals surface area contributed by atoms with Crippen LogP contribution in [-0.2, 0) is 6.54 Å². The molecule has 1 saturated carbocycles. The Morgan fingerprint density at radius 3 is 2.91 bits per heavy atom. The van der Waals surface area contributed by atoms with E-state index in [-0.39, 0.29) is 23.7 Å². The van der Waals surface area contributed by atoms with Crippen molar-refractivity contribution in [2.24, 2.45) is 0 Å². The number of carbonyl (C=O) groups excluding carboxylic acids is 1. The molecule has 0 atom stereocenters. The molecule has 0 unspecified atom stereocenters. The molecule has 2 heterocycles. The van der Waals surface area contributed by atoms with E-state index < -0.39 is 0 Å². The van der Waals surface area contributed by atoms with E-state index in [0.29, 0.717) is 12.3 Å². The van der Waals surface area contributed by atoms with Crippen LogP contribution in [0.5, 0.6) is 0 Å². The first-order valence-electron chi connectivity index (χ1n) is 7.54. The highest BCUT2D eigenvalue weighted by Gasteiger charge is 2.22. The number of hydrogen-bond donors (Lipinski definition) is 2. The number of aryl methyl sites for hydroxylation is 1. The van der Waals surface area contributed by atoms with Gasteiger partial charge in [-0.2, -0.15) is 5.10 Å². The quantitative estimate of drug-likeness (QED) is 0.887. The van der Waals surface area contributed by atoms with Gasteiger partial charge in [-0.25, -0.2) is 0 Å². The van der Waals surface area contributed by atoms with E-state index in [1.54, 1.807) is 16.9 Å². The second-order valence-corrected chi connectivity index (χ2v) is 5.87. The van der Waals surface area contributed by atoms with Crippen LogP contribution in [-0.4, -0.2) is 38.1 Å². The Labute approximate surface area is 128 Å². The maximum atomic E-state index is 12.1. The monoisotopic (exact) mass is 304 g/mol. The number of nitrogens with one attached hydrogen (secondary N) is 1. The van der Waals surface area contributed by atoms with E-state index in [1.165, 1.54) is 0 Å². The fourth-order valence-electron chi connectivity index (χ4n) is 2.69. The average Bonchev–Trinajstić information content (AvgIpc) is 3.11. The van der Waals surface area contributed by atoms with E-state index in [2.05, 4.69) is 15.6 Å². The number of hydrogen-bond acceptors (Lipinski definition) is 5. The van der Waals surface area contributed by atoms with Crippen molar-refractivity contribution < 1.29 is 14.4 Å². The van der Waals surface area contributed by atoms with Crippen molar-refractivity contribution in [3.63, 3.8) is 0 Å². The zero-order valence-corrected chi connectivity index (χ0v) is 12.5. The Hall–Kier alpha value is -2.15. The lowest BCUT2D eigenvalue weighted by molar-refractivity contribution is 0.0859. The van der Waals surface area contributed by atoms with Crippen LogP contribution in [0.4, 0.5) is 0 Å². The minimum atomic E-state index is -0.232. The predicted octanol–water partition coefficient (Wildman–Crippen LogP) is 1.26. The number of amides is 1. The molecule has 0 saturated heterocycles. The summed E-state index contributed by atoms with van der Waals surface area (Å²) in [4.78, 5) is 12.1. The minimum absolute atomic E-state index is 0.102. The van der Waals surface area contributed by atoms with Crippen LogP contribution in [0.15, 0.2) is 23.0 Å². The van der Waals surface area contributed by atoms with Gasteiger partial charge in [-0.05, 0) is 38.2 Å². The topological polar surface area (TPSA) is 93.2 Å². The smallest absolute Gasteiger partial charge is 0.273 e. The minimum Gasteiger partial charge on any atom is -0.393 e. The van der Waals surface area contributed by atoms with Crippen molar-refractivity contribution in [3.8, 4) is 0 Å². The van der Waals surface area contributed by atoms with Crippen LogP contribution in [0, 0.1) is 6.92 Å². The summed E-state index contributed by atoms with van der Waals surface area (Å²) >= 11 is 0. The second kappa shape index (κ2) is 6.31. The summed E-state index contributed by atoms with van der Waals surface area (Å²) in [6, 6.07) is 1.74. The van der Waals surface area contributed by atoms with Gasteiger partial charge in [0.05, 0.1) is 12.3 Å². The lowest BCUT2D eigenvalue weighted by atomic mass is 9.93. The molecule has 0 bridgehead atoms. The molecule has 118 valence electrons. The summed E-state index contributed by atoms with van der Waals surface area (Å²) in [6.07, 6.45) is 6.48. The van der Waals surface area contributed by atoms with E-state index in [4.69, 9.17) is 4.52 Å². The lowest BCUT2D eigenvalue weighted by Gasteiger charge is -2.25. The summed E-state index contributed by atoms with van der Waals surface area (Å²) < 4.78 is 6.93. The molecular weight excluding hydrogens is 284 g/mol. The largest absolute Gasteiger partial charge is 0.393 e. The molecule has 1 amide bonds. The van der Waals surface area contributed by atoms with Gasteiger partial charge in [-0.15, -0.1) is 0 Å². The standard InChI is InChI=1S/C15H20N4O3/c1-10-7-16-19(8-10)9-13-6-14(18-22-13)15(21)17-11-2-4-12(20)5-3-11/h6-8,11-12,20H,2-5,9H2,1H3,(H,17,21). The molecule has 2 aromatic heterocycles. The van der Waals surface area contributed by atoms with E-state index in [0.717, 1.165) is 31.2 Å². The first-order chi connectivity index (χ1) is 10.6. The predicted molar refractivity (Wildman–Crippen MR) is 78.3 cm³/mol. The number of nitrogens with zero attached hydrogens (tertiary/aromatic N) is 3. The van der Waals surface area contributed by atoms with Crippen LogP contribution in [0.3, 0.4) is 0 Å². The SMILES string of the molecule is Cc1cnn(Cc2cc(C(=O)NC3CCC(O)CC3)no2)c1. The molecule has 7 heteroatoms. The molecule has 1 aliphatic rings. The van der Waals surface area contributed by atoms with Gasteiger partial charge in [0.25, 0.3) is 5.91 Å². The average molecular weight is 304 g/mol. The van der Waals surface area contributed by atoms with Gasteiger partial charge in [-0.3, -0.25) is 9.48 Å². The number of aliphatic hydroxyl groups excluding tert-OH is 1. The van der Waals surface area contributed by atoms with Crippen molar-refractivity contribution in [2.75, 3.05) is 0 Å². The molecule has 22 heavy (non-hydrogen) atoms. The van der Waals surface area contributed by atoms with Gasteiger partial charge in [0.2, 0.25) is 0 Å². The molecule has 0 aliphatic heterocycles. The van der Waals surface area contributed by atoms with Crippen molar-refractivity contribution in [2.45, 2.75) is 51.3 Å². The maximum absolute atomic E-state index is 12.1. The molecule has 2 aromatic rings. The van der Waals surface area contributed by atoms with Crippen LogP contribution < -0.4 is 5.32 Å². The molecule has 3 rings (SSSR count). The van der Waals surface area contributed by atoms with Crippen LogP contribution in [0.25, 0.3) is 0 Å². The zero-order chi connectivity index (χ0) is 15.5. The number of carbonyl (C=O) groups is 1. The van der Waals surface area contributed by atoms with E-state index >= 15 is 0 Å². The summed E-state index contributed by atoms with van der Waals surface area (Å²) in [7, 11) is 0. The van der Waals surface area contributed by atoms with E-state index in [9.17, 15) is 9.90 Å². The molecule has 0 aromatic carbocycles. The van der Waals surface area contributed by atoms with Crippen molar-refractivity contribution >= 4 is 5.91 Å². The lowest BCUT2D eigenvalue weighted by Crippen LogP contribution is -2.38. The molecule has 7 nitrogen and oxygen atoms in total. The second-order valence-electron chi connectivity index (χ2n) is 5.87. The molecule has 0 spiro atoms. The fraction of sp³-hybridized carbons (Fsp3) is 0.533. The number of rotatable bonds is 4. The van der Waals surface area contributed by atoms with Gasteiger partial charge < -0.3 is 14.9 Å². The molecule has 1 aliphatic carbocycles. The summed E-state index contributed by atoms with van der Waals surface area (Å²) in [6.45, 7) is 2.41. The summed E-state index contributed by atoms with van der Waals surface area (Å²) in [5.41, 5.74) is 1.35. The van der Waals surface area contributed by atoms with Crippen molar-refractivity contribution in [1.82, 2.24) is 20.3 Å². The first-order valence-corrected chi connectivity index (χ1v) is 7.54. The fourth-order valence-corrected chi connectivity index (χ4v) is 2.69. The third kappa shape index (κ3) is 3.54.